The lowest BCUT2D eigenvalue weighted by Gasteiger charge is -2.26. The molecule has 1 aliphatic heterocycles. The van der Waals surface area contributed by atoms with Crippen molar-refractivity contribution < 1.29 is 4.74 Å². The van der Waals surface area contributed by atoms with Gasteiger partial charge in [-0.15, -0.1) is 0 Å². The molecule has 0 N–H and O–H groups in total. The van der Waals surface area contributed by atoms with Gasteiger partial charge in [-0.2, -0.15) is 0 Å². The zero-order chi connectivity index (χ0) is 14.7. The molecule has 2 heterocycles. The molecule has 1 saturated heterocycles. The number of aromatic nitrogens is 1. The van der Waals surface area contributed by atoms with E-state index in [-0.39, 0.29) is 0 Å². The summed E-state index contributed by atoms with van der Waals surface area (Å²) < 4.78 is 5.41. The minimum absolute atomic E-state index is 0.846. The first-order valence-corrected chi connectivity index (χ1v) is 7.55. The van der Waals surface area contributed by atoms with Crippen molar-refractivity contribution in [3.05, 3.63) is 53.2 Å². The SMILES string of the molecule is Cc1cc(C)nc(-c2cccc(CN3CCOCC3)c2)c1. The van der Waals surface area contributed by atoms with Crippen molar-refractivity contribution in [1.82, 2.24) is 9.88 Å². The summed E-state index contributed by atoms with van der Waals surface area (Å²) in [6.45, 7) is 8.89. The monoisotopic (exact) mass is 282 g/mol. The molecule has 3 rings (SSSR count). The average molecular weight is 282 g/mol. The Bertz CT molecular complexity index is 598. The molecule has 2 aromatic rings. The van der Waals surface area contributed by atoms with Gasteiger partial charge in [-0.05, 0) is 43.2 Å². The van der Waals surface area contributed by atoms with Crippen molar-refractivity contribution in [2.75, 3.05) is 26.3 Å². The number of benzene rings is 1. The van der Waals surface area contributed by atoms with Crippen LogP contribution < -0.4 is 0 Å². The number of nitrogens with zero attached hydrogens (tertiary/aromatic N) is 2. The minimum Gasteiger partial charge on any atom is -0.379 e. The molecule has 0 radical (unpaired) electrons. The molecule has 3 heteroatoms. The van der Waals surface area contributed by atoms with E-state index in [1.807, 2.05) is 6.92 Å². The van der Waals surface area contributed by atoms with Crippen LogP contribution in [0, 0.1) is 13.8 Å². The van der Waals surface area contributed by atoms with Crippen LogP contribution in [0.2, 0.25) is 0 Å². The van der Waals surface area contributed by atoms with Gasteiger partial charge in [0.2, 0.25) is 0 Å². The van der Waals surface area contributed by atoms with E-state index in [9.17, 15) is 0 Å². The van der Waals surface area contributed by atoms with E-state index in [1.54, 1.807) is 0 Å². The fraction of sp³-hybridized carbons (Fsp3) is 0.389. The van der Waals surface area contributed by atoms with E-state index in [2.05, 4.69) is 53.2 Å². The van der Waals surface area contributed by atoms with Crippen LogP contribution in [0.5, 0.6) is 0 Å². The molecule has 1 aliphatic rings. The number of aryl methyl sites for hydroxylation is 2. The molecule has 0 atom stereocenters. The molecule has 1 aromatic heterocycles. The molecular formula is C18H22N2O. The normalized spacial score (nSPS) is 16.1. The van der Waals surface area contributed by atoms with Crippen LogP contribution in [0.1, 0.15) is 16.8 Å². The van der Waals surface area contributed by atoms with Crippen LogP contribution in [0.3, 0.4) is 0 Å². The summed E-state index contributed by atoms with van der Waals surface area (Å²) in [5, 5.41) is 0. The number of hydrogen-bond donors (Lipinski definition) is 0. The van der Waals surface area contributed by atoms with Gasteiger partial charge in [-0.25, -0.2) is 0 Å². The lowest BCUT2D eigenvalue weighted by Crippen LogP contribution is -2.35. The van der Waals surface area contributed by atoms with Gasteiger partial charge in [0.15, 0.2) is 0 Å². The van der Waals surface area contributed by atoms with Crippen LogP contribution in [0.4, 0.5) is 0 Å². The Balaban J connectivity index is 1.82. The summed E-state index contributed by atoms with van der Waals surface area (Å²) in [4.78, 5) is 7.10. The number of rotatable bonds is 3. The molecule has 0 amide bonds. The largest absolute Gasteiger partial charge is 0.379 e. The third kappa shape index (κ3) is 3.69. The molecule has 1 aromatic carbocycles. The van der Waals surface area contributed by atoms with Crippen molar-refractivity contribution in [3.8, 4) is 11.3 Å². The van der Waals surface area contributed by atoms with Crippen molar-refractivity contribution in [3.63, 3.8) is 0 Å². The van der Waals surface area contributed by atoms with Crippen molar-refractivity contribution in [2.45, 2.75) is 20.4 Å². The van der Waals surface area contributed by atoms with Crippen molar-refractivity contribution in [2.24, 2.45) is 0 Å². The molecule has 0 spiro atoms. The maximum atomic E-state index is 5.41. The fourth-order valence-corrected chi connectivity index (χ4v) is 2.84. The third-order valence-corrected chi connectivity index (χ3v) is 3.83. The van der Waals surface area contributed by atoms with Gasteiger partial charge >= 0.3 is 0 Å². The van der Waals surface area contributed by atoms with Crippen LogP contribution in [-0.4, -0.2) is 36.2 Å². The Hall–Kier alpha value is -1.71. The molecule has 21 heavy (non-hydrogen) atoms. The summed E-state index contributed by atoms with van der Waals surface area (Å²) in [7, 11) is 0. The summed E-state index contributed by atoms with van der Waals surface area (Å²) >= 11 is 0. The highest BCUT2D eigenvalue weighted by Gasteiger charge is 2.11. The standard InChI is InChI=1S/C18H22N2O/c1-14-10-15(2)19-18(11-14)17-5-3-4-16(12-17)13-20-6-8-21-9-7-20/h3-5,10-12H,6-9,13H2,1-2H3. The Morgan fingerprint density at radius 3 is 2.67 bits per heavy atom. The van der Waals surface area contributed by atoms with Gasteiger partial charge in [0.1, 0.15) is 0 Å². The van der Waals surface area contributed by atoms with E-state index in [0.717, 1.165) is 44.2 Å². The Morgan fingerprint density at radius 2 is 1.90 bits per heavy atom. The van der Waals surface area contributed by atoms with E-state index >= 15 is 0 Å². The first kappa shape index (κ1) is 14.2. The molecule has 1 fully saturated rings. The Kier molecular flexibility index (Phi) is 4.32. The lowest BCUT2D eigenvalue weighted by molar-refractivity contribution is 0.0342. The van der Waals surface area contributed by atoms with E-state index in [1.165, 1.54) is 16.7 Å². The summed E-state index contributed by atoms with van der Waals surface area (Å²) in [6.07, 6.45) is 0. The van der Waals surface area contributed by atoms with E-state index in [0.29, 0.717) is 0 Å². The Morgan fingerprint density at radius 1 is 1.10 bits per heavy atom. The molecule has 0 unspecified atom stereocenters. The van der Waals surface area contributed by atoms with E-state index < -0.39 is 0 Å². The van der Waals surface area contributed by atoms with Crippen LogP contribution in [0.25, 0.3) is 11.3 Å². The predicted molar refractivity (Wildman–Crippen MR) is 85.2 cm³/mol. The smallest absolute Gasteiger partial charge is 0.0707 e. The first-order valence-electron chi connectivity index (χ1n) is 7.55. The van der Waals surface area contributed by atoms with Gasteiger partial charge < -0.3 is 4.74 Å². The highest BCUT2D eigenvalue weighted by Crippen LogP contribution is 2.21. The summed E-state index contributed by atoms with van der Waals surface area (Å²) in [5.74, 6) is 0. The number of morpholine rings is 1. The highest BCUT2D eigenvalue weighted by molar-refractivity contribution is 5.61. The first-order chi connectivity index (χ1) is 10.2. The van der Waals surface area contributed by atoms with E-state index in [4.69, 9.17) is 4.74 Å². The quantitative estimate of drug-likeness (QED) is 0.864. The molecule has 0 aliphatic carbocycles. The van der Waals surface area contributed by atoms with Gasteiger partial charge in [0, 0.05) is 30.9 Å². The molecule has 0 saturated carbocycles. The Labute approximate surface area is 126 Å². The lowest BCUT2D eigenvalue weighted by atomic mass is 10.1. The van der Waals surface area contributed by atoms with Crippen LogP contribution >= 0.6 is 0 Å². The molecular weight excluding hydrogens is 260 g/mol. The van der Waals surface area contributed by atoms with Gasteiger partial charge in [0.05, 0.1) is 18.9 Å². The topological polar surface area (TPSA) is 25.4 Å². The average Bonchev–Trinajstić information content (AvgIpc) is 2.47. The van der Waals surface area contributed by atoms with Gasteiger partial charge in [0.25, 0.3) is 0 Å². The fourth-order valence-electron chi connectivity index (χ4n) is 2.84. The number of pyridine rings is 1. The second kappa shape index (κ2) is 6.37. The third-order valence-electron chi connectivity index (χ3n) is 3.83. The predicted octanol–water partition coefficient (Wildman–Crippen LogP) is 3.20. The van der Waals surface area contributed by atoms with Crippen LogP contribution in [0.15, 0.2) is 36.4 Å². The second-order valence-corrected chi connectivity index (χ2v) is 5.76. The zero-order valence-electron chi connectivity index (χ0n) is 12.8. The van der Waals surface area contributed by atoms with Crippen molar-refractivity contribution >= 4 is 0 Å². The summed E-state index contributed by atoms with van der Waals surface area (Å²) in [5.41, 5.74) is 5.94. The molecule has 0 bridgehead atoms. The number of ether oxygens (including phenoxy) is 1. The highest BCUT2D eigenvalue weighted by atomic mass is 16.5. The molecule has 110 valence electrons. The van der Waals surface area contributed by atoms with Gasteiger partial charge in [-0.3, -0.25) is 9.88 Å². The number of hydrogen-bond acceptors (Lipinski definition) is 3. The zero-order valence-corrected chi connectivity index (χ0v) is 12.8. The maximum absolute atomic E-state index is 5.41. The summed E-state index contributed by atoms with van der Waals surface area (Å²) in [6, 6.07) is 13.0. The second-order valence-electron chi connectivity index (χ2n) is 5.76. The van der Waals surface area contributed by atoms with Crippen molar-refractivity contribution in [1.29, 1.82) is 0 Å². The maximum Gasteiger partial charge on any atom is 0.0707 e. The van der Waals surface area contributed by atoms with Crippen LogP contribution in [-0.2, 0) is 11.3 Å². The van der Waals surface area contributed by atoms with Gasteiger partial charge in [-0.1, -0.05) is 18.2 Å². The minimum atomic E-state index is 0.846. The molecule has 3 nitrogen and oxygen atoms in total.